The van der Waals surface area contributed by atoms with Gasteiger partial charge in [-0.3, -0.25) is 4.79 Å². The highest BCUT2D eigenvalue weighted by atomic mass is 16.4. The van der Waals surface area contributed by atoms with Crippen LogP contribution >= 0.6 is 0 Å². The van der Waals surface area contributed by atoms with E-state index in [2.05, 4.69) is 12.2 Å². The van der Waals surface area contributed by atoms with Crippen LogP contribution in [0.25, 0.3) is 0 Å². The third-order valence-electron chi connectivity index (χ3n) is 3.38. The molecule has 2 saturated carbocycles. The van der Waals surface area contributed by atoms with Crippen molar-refractivity contribution in [3.05, 3.63) is 0 Å². The van der Waals surface area contributed by atoms with Crippen LogP contribution in [-0.4, -0.2) is 23.2 Å². The minimum Gasteiger partial charge on any atom is -0.480 e. The molecule has 2 fully saturated rings. The second-order valence-corrected chi connectivity index (χ2v) is 4.67. The second kappa shape index (κ2) is 3.89. The Labute approximate surface area is 84.9 Å². The van der Waals surface area contributed by atoms with Crippen molar-refractivity contribution in [2.45, 2.75) is 51.1 Å². The van der Waals surface area contributed by atoms with Gasteiger partial charge < -0.3 is 10.4 Å². The van der Waals surface area contributed by atoms with Crippen molar-refractivity contribution < 1.29 is 9.90 Å². The fourth-order valence-electron chi connectivity index (χ4n) is 2.16. The van der Waals surface area contributed by atoms with Gasteiger partial charge >= 0.3 is 5.97 Å². The molecule has 0 aromatic carbocycles. The van der Waals surface area contributed by atoms with E-state index in [4.69, 9.17) is 5.11 Å². The highest BCUT2D eigenvalue weighted by Crippen LogP contribution is 2.37. The third kappa shape index (κ3) is 2.27. The molecule has 2 unspecified atom stereocenters. The number of carbonyl (C=O) groups is 1. The van der Waals surface area contributed by atoms with E-state index in [9.17, 15) is 4.79 Å². The molecule has 0 spiro atoms. The van der Waals surface area contributed by atoms with Crippen molar-refractivity contribution in [3.8, 4) is 0 Å². The summed E-state index contributed by atoms with van der Waals surface area (Å²) in [5.41, 5.74) is 0. The number of rotatable bonds is 6. The van der Waals surface area contributed by atoms with E-state index >= 15 is 0 Å². The van der Waals surface area contributed by atoms with Gasteiger partial charge in [0.15, 0.2) is 0 Å². The summed E-state index contributed by atoms with van der Waals surface area (Å²) in [5, 5.41) is 12.4. The van der Waals surface area contributed by atoms with Crippen molar-refractivity contribution in [1.82, 2.24) is 5.32 Å². The fourth-order valence-corrected chi connectivity index (χ4v) is 2.16. The Morgan fingerprint density at radius 1 is 1.36 bits per heavy atom. The van der Waals surface area contributed by atoms with E-state index in [0.717, 1.165) is 25.2 Å². The minimum atomic E-state index is -0.661. The molecular weight excluding hydrogens is 178 g/mol. The number of carboxylic acids is 1. The van der Waals surface area contributed by atoms with Crippen LogP contribution in [0.15, 0.2) is 0 Å². The standard InChI is InChI=1S/C11H19NO2/c1-2-9(7-3-4-7)12-10(11(13)14)8-5-6-8/h7-10,12H,2-6H2,1H3,(H,13,14). The number of nitrogens with one attached hydrogen (secondary N) is 1. The summed E-state index contributed by atoms with van der Waals surface area (Å²) < 4.78 is 0. The molecule has 2 atom stereocenters. The molecule has 80 valence electrons. The average Bonchev–Trinajstić information content (AvgIpc) is 2.99. The van der Waals surface area contributed by atoms with Gasteiger partial charge in [0.05, 0.1) is 0 Å². The van der Waals surface area contributed by atoms with Crippen LogP contribution in [0.5, 0.6) is 0 Å². The van der Waals surface area contributed by atoms with E-state index in [1.54, 1.807) is 0 Å². The van der Waals surface area contributed by atoms with Crippen molar-refractivity contribution in [1.29, 1.82) is 0 Å². The summed E-state index contributed by atoms with van der Waals surface area (Å²) in [5.74, 6) is 0.493. The smallest absolute Gasteiger partial charge is 0.320 e. The van der Waals surface area contributed by atoms with Crippen molar-refractivity contribution in [2.24, 2.45) is 11.8 Å². The number of hydrogen-bond acceptors (Lipinski definition) is 2. The number of aliphatic carboxylic acids is 1. The van der Waals surface area contributed by atoms with Gasteiger partial charge in [-0.1, -0.05) is 6.92 Å². The Hall–Kier alpha value is -0.570. The van der Waals surface area contributed by atoms with Crippen molar-refractivity contribution in [3.63, 3.8) is 0 Å². The molecule has 2 N–H and O–H groups in total. The van der Waals surface area contributed by atoms with Crippen LogP contribution in [-0.2, 0) is 4.79 Å². The summed E-state index contributed by atoms with van der Waals surface area (Å²) in [4.78, 5) is 11.0. The van der Waals surface area contributed by atoms with Crippen LogP contribution in [0.1, 0.15) is 39.0 Å². The Morgan fingerprint density at radius 3 is 2.29 bits per heavy atom. The molecule has 0 radical (unpaired) electrons. The number of hydrogen-bond donors (Lipinski definition) is 2. The van der Waals surface area contributed by atoms with Gasteiger partial charge in [0.25, 0.3) is 0 Å². The predicted octanol–water partition coefficient (Wildman–Crippen LogP) is 1.63. The van der Waals surface area contributed by atoms with Gasteiger partial charge in [-0.25, -0.2) is 0 Å². The lowest BCUT2D eigenvalue weighted by molar-refractivity contribution is -0.140. The molecule has 3 nitrogen and oxygen atoms in total. The summed E-state index contributed by atoms with van der Waals surface area (Å²) in [7, 11) is 0. The first-order chi connectivity index (χ1) is 6.72. The molecule has 0 bridgehead atoms. The van der Waals surface area contributed by atoms with Crippen LogP contribution in [0.4, 0.5) is 0 Å². The summed E-state index contributed by atoms with van der Waals surface area (Å²) >= 11 is 0. The van der Waals surface area contributed by atoms with Crippen molar-refractivity contribution in [2.75, 3.05) is 0 Å². The lowest BCUT2D eigenvalue weighted by Crippen LogP contribution is -2.45. The molecule has 2 rings (SSSR count). The first-order valence-corrected chi connectivity index (χ1v) is 5.71. The minimum absolute atomic E-state index is 0.277. The molecule has 2 aliphatic carbocycles. The molecule has 0 aromatic heterocycles. The first-order valence-electron chi connectivity index (χ1n) is 5.71. The highest BCUT2D eigenvalue weighted by Gasteiger charge is 2.40. The van der Waals surface area contributed by atoms with E-state index in [1.165, 1.54) is 12.8 Å². The Balaban J connectivity index is 1.87. The maximum Gasteiger partial charge on any atom is 0.320 e. The Kier molecular flexibility index (Phi) is 2.77. The Morgan fingerprint density at radius 2 is 1.93 bits per heavy atom. The molecular formula is C11H19NO2. The second-order valence-electron chi connectivity index (χ2n) is 4.67. The predicted molar refractivity (Wildman–Crippen MR) is 54.1 cm³/mol. The average molecular weight is 197 g/mol. The van der Waals surface area contributed by atoms with Crippen LogP contribution in [0.3, 0.4) is 0 Å². The molecule has 0 aromatic rings. The van der Waals surface area contributed by atoms with Gasteiger partial charge in [0.1, 0.15) is 6.04 Å². The lowest BCUT2D eigenvalue weighted by atomic mass is 10.1. The monoisotopic (exact) mass is 197 g/mol. The van der Waals surface area contributed by atoms with Crippen LogP contribution in [0, 0.1) is 11.8 Å². The summed E-state index contributed by atoms with van der Waals surface area (Å²) in [6, 6.07) is 0.164. The normalized spacial score (nSPS) is 25.8. The van der Waals surface area contributed by atoms with Gasteiger partial charge in [0, 0.05) is 6.04 Å². The lowest BCUT2D eigenvalue weighted by Gasteiger charge is -2.21. The molecule has 0 heterocycles. The Bertz CT molecular complexity index is 221. The highest BCUT2D eigenvalue weighted by molar-refractivity contribution is 5.74. The van der Waals surface area contributed by atoms with E-state index in [1.807, 2.05) is 0 Å². The molecule has 0 aliphatic heterocycles. The summed E-state index contributed by atoms with van der Waals surface area (Å²) in [6.07, 6.45) is 5.79. The van der Waals surface area contributed by atoms with Gasteiger partial charge in [-0.2, -0.15) is 0 Å². The third-order valence-corrected chi connectivity index (χ3v) is 3.38. The number of carboxylic acid groups (broad SMARTS) is 1. The largest absolute Gasteiger partial charge is 0.480 e. The van der Waals surface area contributed by atoms with E-state index < -0.39 is 5.97 Å². The molecule has 14 heavy (non-hydrogen) atoms. The van der Waals surface area contributed by atoms with E-state index in [0.29, 0.717) is 12.0 Å². The SMILES string of the molecule is CCC(NC(C(=O)O)C1CC1)C1CC1. The zero-order valence-electron chi connectivity index (χ0n) is 8.70. The quantitative estimate of drug-likeness (QED) is 0.680. The zero-order valence-corrected chi connectivity index (χ0v) is 8.70. The van der Waals surface area contributed by atoms with Crippen LogP contribution in [0.2, 0.25) is 0 Å². The maximum absolute atomic E-state index is 11.0. The molecule has 2 aliphatic rings. The maximum atomic E-state index is 11.0. The zero-order chi connectivity index (χ0) is 10.1. The van der Waals surface area contributed by atoms with Crippen molar-refractivity contribution >= 4 is 5.97 Å². The van der Waals surface area contributed by atoms with E-state index in [-0.39, 0.29) is 6.04 Å². The van der Waals surface area contributed by atoms with Gasteiger partial charge in [0.2, 0.25) is 0 Å². The fraction of sp³-hybridized carbons (Fsp3) is 0.909. The van der Waals surface area contributed by atoms with Gasteiger partial charge in [-0.15, -0.1) is 0 Å². The molecule has 3 heteroatoms. The van der Waals surface area contributed by atoms with Gasteiger partial charge in [-0.05, 0) is 43.9 Å². The van der Waals surface area contributed by atoms with Crippen LogP contribution < -0.4 is 5.32 Å². The first kappa shape index (κ1) is 9.97. The topological polar surface area (TPSA) is 49.3 Å². The molecule has 0 amide bonds. The summed E-state index contributed by atoms with van der Waals surface area (Å²) in [6.45, 7) is 2.14. The molecule has 0 saturated heterocycles.